The fraction of sp³-hybridized carbons (Fsp3) is 0.474. The van der Waals surface area contributed by atoms with Crippen molar-refractivity contribution in [1.29, 1.82) is 0 Å². The van der Waals surface area contributed by atoms with E-state index < -0.39 is 9.84 Å². The van der Waals surface area contributed by atoms with Crippen LogP contribution in [0, 0.1) is 0 Å². The van der Waals surface area contributed by atoms with Gasteiger partial charge in [-0.15, -0.1) is 0 Å². The summed E-state index contributed by atoms with van der Waals surface area (Å²) in [6, 6.07) is 6.72. The molecule has 2 fully saturated rings. The Morgan fingerprint density at radius 3 is 2.50 bits per heavy atom. The SMILES string of the molecule is COc1ccc(NC(=O)c2cc(C3CC3)n([C@@H]3CCS(=O)(=O)C3)n2)cc1OC. The Labute approximate surface area is 163 Å². The number of aromatic nitrogens is 2. The van der Waals surface area contributed by atoms with Gasteiger partial charge in [0.2, 0.25) is 0 Å². The van der Waals surface area contributed by atoms with E-state index in [1.54, 1.807) is 36.1 Å². The van der Waals surface area contributed by atoms with Crippen molar-refractivity contribution in [3.05, 3.63) is 35.7 Å². The number of carbonyl (C=O) groups excluding carboxylic acids is 1. The Kier molecular flexibility index (Phi) is 4.78. The smallest absolute Gasteiger partial charge is 0.276 e. The zero-order chi connectivity index (χ0) is 19.9. The Hall–Kier alpha value is -2.55. The second kappa shape index (κ2) is 7.12. The number of sulfone groups is 1. The molecule has 150 valence electrons. The third-order valence-electron chi connectivity index (χ3n) is 5.19. The van der Waals surface area contributed by atoms with Crippen molar-refractivity contribution in [1.82, 2.24) is 9.78 Å². The Morgan fingerprint density at radius 1 is 1.14 bits per heavy atom. The molecule has 1 saturated carbocycles. The number of ether oxygens (including phenoxy) is 2. The molecule has 2 aliphatic rings. The number of nitrogens with one attached hydrogen (secondary N) is 1. The standard InChI is InChI=1S/C19H23N3O5S/c1-26-17-6-5-13(9-18(17)27-2)20-19(23)15-10-16(12-3-4-12)22(21-15)14-7-8-28(24,25)11-14/h5-6,9-10,12,14H,3-4,7-8,11H2,1-2H3,(H,20,23)/t14-/m1/s1. The van der Waals surface area contributed by atoms with Crippen LogP contribution >= 0.6 is 0 Å². The van der Waals surface area contributed by atoms with Crippen LogP contribution in [0.25, 0.3) is 0 Å². The molecule has 1 aliphatic heterocycles. The minimum atomic E-state index is -3.03. The summed E-state index contributed by atoms with van der Waals surface area (Å²) in [7, 11) is 0.0508. The van der Waals surface area contributed by atoms with E-state index in [1.807, 2.05) is 0 Å². The maximum absolute atomic E-state index is 12.7. The zero-order valence-electron chi connectivity index (χ0n) is 15.8. The molecule has 2 heterocycles. The first-order valence-corrected chi connectivity index (χ1v) is 11.1. The lowest BCUT2D eigenvalue weighted by molar-refractivity contribution is 0.102. The lowest BCUT2D eigenvalue weighted by Crippen LogP contribution is -2.17. The minimum absolute atomic E-state index is 0.0884. The number of carbonyl (C=O) groups is 1. The highest BCUT2D eigenvalue weighted by atomic mass is 32.2. The highest BCUT2D eigenvalue weighted by Gasteiger charge is 2.36. The number of methoxy groups -OCH3 is 2. The van der Waals surface area contributed by atoms with Crippen molar-refractivity contribution in [2.24, 2.45) is 0 Å². The summed E-state index contributed by atoms with van der Waals surface area (Å²) in [5.74, 6) is 1.37. The van der Waals surface area contributed by atoms with Crippen molar-refractivity contribution in [2.75, 3.05) is 31.0 Å². The fourth-order valence-corrected chi connectivity index (χ4v) is 5.27. The van der Waals surface area contributed by atoms with E-state index in [2.05, 4.69) is 10.4 Å². The van der Waals surface area contributed by atoms with Gasteiger partial charge in [0.1, 0.15) is 0 Å². The van der Waals surface area contributed by atoms with Crippen molar-refractivity contribution in [3.63, 3.8) is 0 Å². The lowest BCUT2D eigenvalue weighted by Gasteiger charge is -2.12. The van der Waals surface area contributed by atoms with Crippen LogP contribution in [0.3, 0.4) is 0 Å². The fourth-order valence-electron chi connectivity index (χ4n) is 3.57. The van der Waals surface area contributed by atoms with Gasteiger partial charge in [-0.05, 0) is 37.5 Å². The molecular formula is C19H23N3O5S. The quantitative estimate of drug-likeness (QED) is 0.792. The maximum Gasteiger partial charge on any atom is 0.276 e. The number of hydrogen-bond donors (Lipinski definition) is 1. The molecular weight excluding hydrogens is 382 g/mol. The van der Waals surface area contributed by atoms with Crippen LogP contribution in [-0.4, -0.2) is 49.8 Å². The molecule has 4 rings (SSSR count). The summed E-state index contributed by atoms with van der Waals surface area (Å²) in [5.41, 5.74) is 1.81. The van der Waals surface area contributed by atoms with Crippen molar-refractivity contribution < 1.29 is 22.7 Å². The molecule has 1 aliphatic carbocycles. The van der Waals surface area contributed by atoms with E-state index in [9.17, 15) is 13.2 Å². The molecule has 1 atom stereocenters. The molecule has 1 amide bonds. The summed E-state index contributed by atoms with van der Waals surface area (Å²) in [4.78, 5) is 12.7. The first kappa shape index (κ1) is 18.8. The average Bonchev–Trinajstić information content (AvgIpc) is 3.32. The van der Waals surface area contributed by atoms with Crippen LogP contribution in [0.5, 0.6) is 11.5 Å². The van der Waals surface area contributed by atoms with Gasteiger partial charge in [-0.2, -0.15) is 5.10 Å². The van der Waals surface area contributed by atoms with Gasteiger partial charge in [-0.3, -0.25) is 9.48 Å². The summed E-state index contributed by atoms with van der Waals surface area (Å²) in [6.45, 7) is 0. The van der Waals surface area contributed by atoms with Crippen LogP contribution in [0.15, 0.2) is 24.3 Å². The van der Waals surface area contributed by atoms with E-state index in [0.29, 0.717) is 35.2 Å². The number of nitrogens with zero attached hydrogens (tertiary/aromatic N) is 2. The largest absolute Gasteiger partial charge is 0.493 e. The summed E-state index contributed by atoms with van der Waals surface area (Å²) < 4.78 is 36.0. The molecule has 0 spiro atoms. The molecule has 1 N–H and O–H groups in total. The van der Waals surface area contributed by atoms with E-state index in [1.165, 1.54) is 7.11 Å². The monoisotopic (exact) mass is 405 g/mol. The van der Waals surface area contributed by atoms with Crippen LogP contribution in [0.4, 0.5) is 5.69 Å². The van der Waals surface area contributed by atoms with Crippen LogP contribution < -0.4 is 14.8 Å². The molecule has 0 unspecified atom stereocenters. The Morgan fingerprint density at radius 2 is 1.89 bits per heavy atom. The number of hydrogen-bond acceptors (Lipinski definition) is 6. The highest BCUT2D eigenvalue weighted by molar-refractivity contribution is 7.91. The molecule has 28 heavy (non-hydrogen) atoms. The van der Waals surface area contributed by atoms with Gasteiger partial charge in [-0.25, -0.2) is 8.42 Å². The Balaban J connectivity index is 1.57. The van der Waals surface area contributed by atoms with E-state index in [-0.39, 0.29) is 23.5 Å². The third kappa shape index (κ3) is 3.71. The van der Waals surface area contributed by atoms with Gasteiger partial charge in [0.05, 0.1) is 31.8 Å². The molecule has 8 nitrogen and oxygen atoms in total. The third-order valence-corrected chi connectivity index (χ3v) is 6.94. The van der Waals surface area contributed by atoms with Crippen LogP contribution in [-0.2, 0) is 9.84 Å². The van der Waals surface area contributed by atoms with Gasteiger partial charge in [0, 0.05) is 23.4 Å². The van der Waals surface area contributed by atoms with Gasteiger partial charge >= 0.3 is 0 Å². The normalized spacial score (nSPS) is 20.7. The first-order chi connectivity index (χ1) is 13.4. The molecule has 1 aromatic carbocycles. The van der Waals surface area contributed by atoms with Gasteiger partial charge in [-0.1, -0.05) is 0 Å². The molecule has 9 heteroatoms. The molecule has 0 radical (unpaired) electrons. The maximum atomic E-state index is 12.7. The summed E-state index contributed by atoms with van der Waals surface area (Å²) in [6.07, 6.45) is 2.63. The summed E-state index contributed by atoms with van der Waals surface area (Å²) >= 11 is 0. The predicted octanol–water partition coefficient (Wildman–Crippen LogP) is 2.39. The topological polar surface area (TPSA) is 99.5 Å². The first-order valence-electron chi connectivity index (χ1n) is 9.23. The van der Waals surface area contributed by atoms with E-state index in [0.717, 1.165) is 18.5 Å². The van der Waals surface area contributed by atoms with E-state index >= 15 is 0 Å². The zero-order valence-corrected chi connectivity index (χ0v) is 16.7. The lowest BCUT2D eigenvalue weighted by atomic mass is 10.2. The number of anilines is 1. The van der Waals surface area contributed by atoms with E-state index in [4.69, 9.17) is 9.47 Å². The highest BCUT2D eigenvalue weighted by Crippen LogP contribution is 2.42. The average molecular weight is 405 g/mol. The number of benzene rings is 1. The minimum Gasteiger partial charge on any atom is -0.493 e. The predicted molar refractivity (Wildman–Crippen MR) is 104 cm³/mol. The van der Waals surface area contributed by atoms with Crippen molar-refractivity contribution >= 4 is 21.4 Å². The number of rotatable bonds is 6. The Bertz CT molecular complexity index is 1010. The molecule has 1 saturated heterocycles. The molecule has 1 aromatic heterocycles. The van der Waals surface area contributed by atoms with Crippen LogP contribution in [0.2, 0.25) is 0 Å². The van der Waals surface area contributed by atoms with Crippen LogP contribution in [0.1, 0.15) is 47.4 Å². The number of amides is 1. The van der Waals surface area contributed by atoms with Gasteiger partial charge in [0.25, 0.3) is 5.91 Å². The summed E-state index contributed by atoms with van der Waals surface area (Å²) in [5, 5.41) is 7.30. The molecule has 2 aromatic rings. The van der Waals surface area contributed by atoms with Crippen molar-refractivity contribution in [2.45, 2.75) is 31.2 Å². The van der Waals surface area contributed by atoms with Gasteiger partial charge in [0.15, 0.2) is 27.0 Å². The molecule has 0 bridgehead atoms. The second-order valence-electron chi connectivity index (χ2n) is 7.25. The van der Waals surface area contributed by atoms with Crippen molar-refractivity contribution in [3.8, 4) is 11.5 Å². The second-order valence-corrected chi connectivity index (χ2v) is 9.48. The van der Waals surface area contributed by atoms with Gasteiger partial charge < -0.3 is 14.8 Å².